The zero-order valence-corrected chi connectivity index (χ0v) is 22.1. The van der Waals surface area contributed by atoms with Crippen molar-refractivity contribution in [2.45, 2.75) is 44.6 Å². The van der Waals surface area contributed by atoms with Gasteiger partial charge in [0.15, 0.2) is 5.60 Å². The number of hydrogen-bond donors (Lipinski definition) is 4. The van der Waals surface area contributed by atoms with Crippen LogP contribution in [0.2, 0.25) is 0 Å². The van der Waals surface area contributed by atoms with Gasteiger partial charge in [-0.25, -0.2) is 9.59 Å². The predicted octanol–water partition coefficient (Wildman–Crippen LogP) is 4.05. The lowest BCUT2D eigenvalue weighted by molar-refractivity contribution is -0.138. The molecule has 3 aromatic rings. The number of ether oxygens (including phenoxy) is 2. The van der Waals surface area contributed by atoms with Crippen LogP contribution in [-0.2, 0) is 25.3 Å². The Hall–Kier alpha value is -4.86. The van der Waals surface area contributed by atoms with E-state index in [0.29, 0.717) is 27.8 Å². The van der Waals surface area contributed by atoms with Crippen LogP contribution in [-0.4, -0.2) is 34.0 Å². The van der Waals surface area contributed by atoms with Gasteiger partial charge < -0.3 is 19.7 Å². The maximum atomic E-state index is 13.3. The first kappa shape index (κ1) is 25.4. The van der Waals surface area contributed by atoms with Crippen LogP contribution < -0.4 is 15.4 Å². The summed E-state index contributed by atoms with van der Waals surface area (Å²) in [5.74, 6) is -3.79. The fourth-order valence-electron chi connectivity index (χ4n) is 6.18. The van der Waals surface area contributed by atoms with E-state index in [2.05, 4.69) is 10.6 Å². The van der Waals surface area contributed by atoms with E-state index in [1.807, 2.05) is 13.8 Å². The molecule has 0 saturated carbocycles. The molecule has 1 saturated heterocycles. The van der Waals surface area contributed by atoms with Crippen LogP contribution in [0.5, 0.6) is 23.0 Å². The summed E-state index contributed by atoms with van der Waals surface area (Å²) in [7, 11) is 0. The van der Waals surface area contributed by atoms with Crippen molar-refractivity contribution < 1.29 is 38.9 Å². The first-order chi connectivity index (χ1) is 18.9. The number of rotatable bonds is 3. The second kappa shape index (κ2) is 8.32. The Kier molecular flexibility index (Phi) is 5.29. The lowest BCUT2D eigenvalue weighted by atomic mass is 9.68. The van der Waals surface area contributed by atoms with Crippen molar-refractivity contribution in [1.29, 1.82) is 0 Å². The van der Waals surface area contributed by atoms with Gasteiger partial charge in [-0.15, -0.1) is 0 Å². The molecule has 10 heteroatoms. The van der Waals surface area contributed by atoms with Gasteiger partial charge in [0.05, 0.1) is 5.56 Å². The highest BCUT2D eigenvalue weighted by Gasteiger charge is 2.56. The van der Waals surface area contributed by atoms with Gasteiger partial charge in [-0.05, 0) is 35.7 Å². The lowest BCUT2D eigenvalue weighted by Crippen LogP contribution is -2.60. The molecule has 1 atom stereocenters. The number of urea groups is 1. The molecular formula is C30H26N2O8. The topological polar surface area (TPSA) is 151 Å². The first-order valence-corrected chi connectivity index (χ1v) is 12.8. The van der Waals surface area contributed by atoms with E-state index < -0.39 is 40.7 Å². The molecule has 3 aromatic carbocycles. The minimum atomic E-state index is -1.51. The van der Waals surface area contributed by atoms with Gasteiger partial charge >= 0.3 is 12.0 Å². The van der Waals surface area contributed by atoms with E-state index in [9.17, 15) is 29.4 Å². The maximum Gasteiger partial charge on any atom is 0.340 e. The van der Waals surface area contributed by atoms with E-state index >= 15 is 0 Å². The molecule has 1 unspecified atom stereocenters. The quantitative estimate of drug-likeness (QED) is 0.286. The van der Waals surface area contributed by atoms with E-state index in [-0.39, 0.29) is 34.5 Å². The van der Waals surface area contributed by atoms with Crippen LogP contribution in [0.25, 0.3) is 0 Å². The molecule has 0 aromatic heterocycles. The van der Waals surface area contributed by atoms with Crippen molar-refractivity contribution in [2.24, 2.45) is 5.92 Å². The Labute approximate surface area is 228 Å². The predicted molar refractivity (Wildman–Crippen MR) is 140 cm³/mol. The zero-order valence-electron chi connectivity index (χ0n) is 22.1. The van der Waals surface area contributed by atoms with Gasteiger partial charge in [-0.2, -0.15) is 0 Å². The normalized spacial score (nSPS) is 19.9. The standard InChI is InChI=1S/C30H26N2O8/c1-13(2)15-11-18-21(12-20(15)34)39-24-17(30(18)16-8-6-5-7-14(16)27(37)40-30)9-10-19(33)22(24)29(3,4)23-25(35)31-28(38)32-26(23)36/h5-13,23,33-34H,1-4H3,(H2,31,32,35,36,38). The molecule has 0 radical (unpaired) electrons. The van der Waals surface area contributed by atoms with Crippen molar-refractivity contribution >= 4 is 23.8 Å². The smallest absolute Gasteiger partial charge is 0.340 e. The summed E-state index contributed by atoms with van der Waals surface area (Å²) in [5.41, 5.74) is -0.499. The largest absolute Gasteiger partial charge is 0.508 e. The van der Waals surface area contributed by atoms with Crippen LogP contribution in [0.1, 0.15) is 71.8 Å². The van der Waals surface area contributed by atoms with Crippen molar-refractivity contribution in [1.82, 2.24) is 10.6 Å². The number of nitrogens with one attached hydrogen (secondary N) is 2. The molecule has 0 aliphatic carbocycles. The number of phenolic OH excluding ortho intramolecular Hbond substituents is 2. The molecular weight excluding hydrogens is 516 g/mol. The molecule has 3 heterocycles. The molecule has 1 fully saturated rings. The van der Waals surface area contributed by atoms with Gasteiger partial charge in [0.25, 0.3) is 0 Å². The number of carbonyl (C=O) groups excluding carboxylic acids is 4. The van der Waals surface area contributed by atoms with Crippen LogP contribution in [0.15, 0.2) is 48.5 Å². The highest BCUT2D eigenvalue weighted by molar-refractivity contribution is 6.17. The molecule has 204 valence electrons. The van der Waals surface area contributed by atoms with Crippen molar-refractivity contribution in [2.75, 3.05) is 0 Å². The van der Waals surface area contributed by atoms with Gasteiger partial charge in [0.1, 0.15) is 28.9 Å². The number of imide groups is 2. The SMILES string of the molecule is CC(C)c1cc2c(cc1O)Oc1c(ccc(O)c1C(C)(C)C1C(=O)NC(=O)NC1=O)C21OC(=O)c2ccccc21. The Morgan fingerprint density at radius 3 is 2.23 bits per heavy atom. The summed E-state index contributed by atoms with van der Waals surface area (Å²) in [6.07, 6.45) is 0. The fraction of sp³-hybridized carbons (Fsp3) is 0.267. The van der Waals surface area contributed by atoms with E-state index in [1.54, 1.807) is 50.2 Å². The van der Waals surface area contributed by atoms with Crippen LogP contribution in [0, 0.1) is 5.92 Å². The molecule has 10 nitrogen and oxygen atoms in total. The Morgan fingerprint density at radius 1 is 0.875 bits per heavy atom. The molecule has 3 aliphatic heterocycles. The van der Waals surface area contributed by atoms with Crippen LogP contribution in [0.3, 0.4) is 0 Å². The van der Waals surface area contributed by atoms with Crippen LogP contribution >= 0.6 is 0 Å². The lowest BCUT2D eigenvalue weighted by Gasteiger charge is -2.41. The Bertz CT molecular complexity index is 1650. The van der Waals surface area contributed by atoms with Crippen molar-refractivity contribution in [3.8, 4) is 23.0 Å². The molecule has 0 bridgehead atoms. The summed E-state index contributed by atoms with van der Waals surface area (Å²) in [4.78, 5) is 50.8. The fourth-order valence-corrected chi connectivity index (χ4v) is 6.18. The number of phenols is 2. The molecule has 4 amide bonds. The maximum absolute atomic E-state index is 13.3. The molecule has 40 heavy (non-hydrogen) atoms. The second-order valence-electron chi connectivity index (χ2n) is 11.1. The minimum Gasteiger partial charge on any atom is -0.508 e. The summed E-state index contributed by atoms with van der Waals surface area (Å²) in [6, 6.07) is 12.2. The van der Waals surface area contributed by atoms with E-state index in [0.717, 1.165) is 0 Å². The molecule has 1 spiro atoms. The van der Waals surface area contributed by atoms with Crippen molar-refractivity contribution in [3.05, 3.63) is 81.9 Å². The summed E-state index contributed by atoms with van der Waals surface area (Å²) in [6.45, 7) is 6.98. The van der Waals surface area contributed by atoms with Gasteiger partial charge in [0, 0.05) is 33.7 Å². The number of barbiturate groups is 1. The highest BCUT2D eigenvalue weighted by Crippen LogP contribution is 2.60. The highest BCUT2D eigenvalue weighted by atomic mass is 16.6. The third-order valence-corrected chi connectivity index (χ3v) is 7.99. The number of amides is 4. The average molecular weight is 543 g/mol. The first-order valence-electron chi connectivity index (χ1n) is 12.8. The summed E-state index contributed by atoms with van der Waals surface area (Å²) < 4.78 is 12.6. The number of benzene rings is 3. The average Bonchev–Trinajstić information content (AvgIpc) is 3.15. The number of fused-ring (bicyclic) bond motifs is 6. The summed E-state index contributed by atoms with van der Waals surface area (Å²) in [5, 5.41) is 26.3. The number of carbonyl (C=O) groups is 4. The van der Waals surface area contributed by atoms with E-state index in [4.69, 9.17) is 9.47 Å². The molecule has 4 N–H and O–H groups in total. The molecule has 6 rings (SSSR count). The van der Waals surface area contributed by atoms with Gasteiger partial charge in [0.2, 0.25) is 11.8 Å². The van der Waals surface area contributed by atoms with E-state index in [1.165, 1.54) is 12.1 Å². The number of aromatic hydroxyl groups is 2. The van der Waals surface area contributed by atoms with Gasteiger partial charge in [-0.3, -0.25) is 20.2 Å². The Balaban J connectivity index is 1.67. The zero-order chi connectivity index (χ0) is 28.7. The molecule has 3 aliphatic rings. The minimum absolute atomic E-state index is 0.0320. The summed E-state index contributed by atoms with van der Waals surface area (Å²) >= 11 is 0. The second-order valence-corrected chi connectivity index (χ2v) is 11.1. The van der Waals surface area contributed by atoms with Gasteiger partial charge in [-0.1, -0.05) is 45.9 Å². The number of hydrogen-bond acceptors (Lipinski definition) is 8. The third-order valence-electron chi connectivity index (χ3n) is 7.99. The van der Waals surface area contributed by atoms with Crippen molar-refractivity contribution in [3.63, 3.8) is 0 Å². The van der Waals surface area contributed by atoms with Crippen LogP contribution in [0.4, 0.5) is 4.79 Å². The monoisotopic (exact) mass is 542 g/mol. The number of esters is 1. The third kappa shape index (κ3) is 3.28. The Morgan fingerprint density at radius 2 is 1.55 bits per heavy atom.